The molecule has 0 aliphatic carbocycles. The highest BCUT2D eigenvalue weighted by Gasteiger charge is 2.31. The van der Waals surface area contributed by atoms with Crippen molar-refractivity contribution >= 4 is 23.5 Å². The van der Waals surface area contributed by atoms with Gasteiger partial charge in [-0.1, -0.05) is 12.1 Å². The molecule has 0 spiro atoms. The van der Waals surface area contributed by atoms with Crippen LogP contribution in [-0.2, 0) is 4.79 Å². The lowest BCUT2D eigenvalue weighted by Gasteiger charge is -2.11. The lowest BCUT2D eigenvalue weighted by Crippen LogP contribution is -2.22. The summed E-state index contributed by atoms with van der Waals surface area (Å²) in [5.74, 6) is -6.30. The van der Waals surface area contributed by atoms with Crippen molar-refractivity contribution in [3.8, 4) is 0 Å². The molecule has 0 radical (unpaired) electrons. The molecule has 4 amide bonds. The number of rotatable bonds is 3. The lowest BCUT2D eigenvalue weighted by atomic mass is 10.1. The van der Waals surface area contributed by atoms with Crippen molar-refractivity contribution in [2.45, 2.75) is 6.04 Å². The van der Waals surface area contributed by atoms with Gasteiger partial charge in [-0.25, -0.2) is 18.0 Å². The van der Waals surface area contributed by atoms with Gasteiger partial charge >= 0.3 is 6.03 Å². The summed E-state index contributed by atoms with van der Waals surface area (Å²) in [6, 6.07) is 5.78. The fourth-order valence-corrected chi connectivity index (χ4v) is 2.35. The average molecular weight is 349 g/mol. The summed E-state index contributed by atoms with van der Waals surface area (Å²) in [7, 11) is 0. The van der Waals surface area contributed by atoms with Crippen molar-refractivity contribution < 1.29 is 27.6 Å². The van der Waals surface area contributed by atoms with E-state index in [4.69, 9.17) is 0 Å². The third kappa shape index (κ3) is 3.16. The molecule has 2 aromatic rings. The Kier molecular flexibility index (Phi) is 4.14. The van der Waals surface area contributed by atoms with Crippen LogP contribution in [0, 0.1) is 17.5 Å². The van der Waals surface area contributed by atoms with Gasteiger partial charge in [0, 0.05) is 5.69 Å². The minimum Gasteiger partial charge on any atom is -0.322 e. The predicted molar refractivity (Wildman–Crippen MR) is 80.1 cm³/mol. The third-order valence-corrected chi connectivity index (χ3v) is 3.53. The molecule has 1 saturated heterocycles. The van der Waals surface area contributed by atoms with Gasteiger partial charge in [0.05, 0.1) is 5.56 Å². The summed E-state index contributed by atoms with van der Waals surface area (Å²) in [6.07, 6.45) is 0. The van der Waals surface area contributed by atoms with Crippen molar-refractivity contribution in [2.24, 2.45) is 0 Å². The second-order valence-electron chi connectivity index (χ2n) is 5.20. The van der Waals surface area contributed by atoms with Gasteiger partial charge in [-0.15, -0.1) is 0 Å². The first-order valence-corrected chi connectivity index (χ1v) is 7.03. The van der Waals surface area contributed by atoms with E-state index in [1.54, 1.807) is 6.07 Å². The Balaban J connectivity index is 1.83. The highest BCUT2D eigenvalue weighted by Crippen LogP contribution is 2.22. The fourth-order valence-electron chi connectivity index (χ4n) is 2.35. The number of benzene rings is 2. The van der Waals surface area contributed by atoms with Crippen LogP contribution in [0.1, 0.15) is 22.0 Å². The van der Waals surface area contributed by atoms with Crippen molar-refractivity contribution in [3.05, 3.63) is 65.0 Å². The number of carbonyl (C=O) groups is 3. The van der Waals surface area contributed by atoms with Crippen LogP contribution in [0.2, 0.25) is 0 Å². The molecule has 0 saturated carbocycles. The van der Waals surface area contributed by atoms with Gasteiger partial charge in [0.2, 0.25) is 0 Å². The maximum Gasteiger partial charge on any atom is 0.322 e. The summed E-state index contributed by atoms with van der Waals surface area (Å²) in [4.78, 5) is 34.9. The SMILES string of the molecule is O=C1NC(=O)C(c2cccc(NC(=O)c3ccc(F)c(F)c3F)c2)N1. The summed E-state index contributed by atoms with van der Waals surface area (Å²) < 4.78 is 39.8. The first-order valence-electron chi connectivity index (χ1n) is 7.03. The lowest BCUT2D eigenvalue weighted by molar-refractivity contribution is -0.120. The van der Waals surface area contributed by atoms with Gasteiger partial charge in [0.15, 0.2) is 17.5 Å². The largest absolute Gasteiger partial charge is 0.322 e. The number of carbonyl (C=O) groups excluding carboxylic acids is 3. The molecule has 25 heavy (non-hydrogen) atoms. The Labute approximate surface area is 139 Å². The van der Waals surface area contributed by atoms with Crippen LogP contribution in [0.25, 0.3) is 0 Å². The maximum absolute atomic E-state index is 13.7. The second kappa shape index (κ2) is 6.27. The Morgan fingerprint density at radius 3 is 2.48 bits per heavy atom. The molecule has 6 nitrogen and oxygen atoms in total. The van der Waals surface area contributed by atoms with Crippen LogP contribution >= 0.6 is 0 Å². The molecule has 1 aliphatic rings. The fraction of sp³-hybridized carbons (Fsp3) is 0.0625. The van der Waals surface area contributed by atoms with E-state index in [0.717, 1.165) is 6.07 Å². The quantitative estimate of drug-likeness (QED) is 0.587. The van der Waals surface area contributed by atoms with Gasteiger partial charge in [0.25, 0.3) is 11.8 Å². The van der Waals surface area contributed by atoms with Crippen molar-refractivity contribution in [3.63, 3.8) is 0 Å². The molecule has 1 unspecified atom stereocenters. The number of imide groups is 1. The van der Waals surface area contributed by atoms with E-state index in [-0.39, 0.29) is 5.69 Å². The maximum atomic E-state index is 13.7. The minimum absolute atomic E-state index is 0.181. The van der Waals surface area contributed by atoms with Crippen LogP contribution in [-0.4, -0.2) is 17.8 Å². The summed E-state index contributed by atoms with van der Waals surface area (Å²) in [5.41, 5.74) is -0.108. The van der Waals surface area contributed by atoms with Gasteiger partial charge < -0.3 is 10.6 Å². The topological polar surface area (TPSA) is 87.3 Å². The molecule has 3 rings (SSSR count). The van der Waals surface area contributed by atoms with Gasteiger partial charge in [-0.2, -0.15) is 0 Å². The zero-order valence-corrected chi connectivity index (χ0v) is 12.4. The first-order chi connectivity index (χ1) is 11.9. The third-order valence-electron chi connectivity index (χ3n) is 3.53. The molecule has 2 aromatic carbocycles. The molecule has 3 N–H and O–H groups in total. The van der Waals surface area contributed by atoms with E-state index in [2.05, 4.69) is 16.0 Å². The number of urea groups is 1. The Morgan fingerprint density at radius 1 is 1.04 bits per heavy atom. The van der Waals surface area contributed by atoms with E-state index in [1.165, 1.54) is 18.2 Å². The van der Waals surface area contributed by atoms with E-state index in [0.29, 0.717) is 11.6 Å². The normalized spacial score (nSPS) is 16.4. The monoisotopic (exact) mass is 349 g/mol. The van der Waals surface area contributed by atoms with Crippen molar-refractivity contribution in [2.75, 3.05) is 5.32 Å². The molecule has 0 aromatic heterocycles. The molecule has 128 valence electrons. The summed E-state index contributed by atoms with van der Waals surface area (Å²) >= 11 is 0. The molecule has 0 bridgehead atoms. The molecule has 9 heteroatoms. The molecular weight excluding hydrogens is 339 g/mol. The standard InChI is InChI=1S/C16H10F3N3O3/c17-10-5-4-9(11(18)12(10)19)14(23)20-8-3-1-2-7(6-8)13-15(24)22-16(25)21-13/h1-6,13H,(H,20,23)(H2,21,22,24,25). The van der Waals surface area contributed by atoms with E-state index < -0.39 is 46.9 Å². The number of hydrogen-bond donors (Lipinski definition) is 3. The predicted octanol–water partition coefficient (Wildman–Crippen LogP) is 2.24. The number of hydrogen-bond acceptors (Lipinski definition) is 3. The van der Waals surface area contributed by atoms with Crippen molar-refractivity contribution in [1.82, 2.24) is 10.6 Å². The van der Waals surface area contributed by atoms with Crippen LogP contribution in [0.3, 0.4) is 0 Å². The van der Waals surface area contributed by atoms with E-state index >= 15 is 0 Å². The number of halogens is 3. The Morgan fingerprint density at radius 2 is 1.80 bits per heavy atom. The first kappa shape index (κ1) is 16.5. The second-order valence-corrected chi connectivity index (χ2v) is 5.20. The average Bonchev–Trinajstić information content (AvgIpc) is 2.91. The van der Waals surface area contributed by atoms with Crippen LogP contribution in [0.4, 0.5) is 23.7 Å². The van der Waals surface area contributed by atoms with Gasteiger partial charge in [0.1, 0.15) is 6.04 Å². The number of anilines is 1. The summed E-state index contributed by atoms with van der Waals surface area (Å²) in [5, 5.41) is 6.78. The zero-order valence-electron chi connectivity index (χ0n) is 12.4. The van der Waals surface area contributed by atoms with Crippen LogP contribution in [0.15, 0.2) is 36.4 Å². The smallest absolute Gasteiger partial charge is 0.322 e. The minimum atomic E-state index is -1.74. The van der Waals surface area contributed by atoms with E-state index in [9.17, 15) is 27.6 Å². The van der Waals surface area contributed by atoms with Crippen LogP contribution in [0.5, 0.6) is 0 Å². The van der Waals surface area contributed by atoms with Gasteiger partial charge in [-0.3, -0.25) is 14.9 Å². The van der Waals surface area contributed by atoms with E-state index in [1.807, 2.05) is 0 Å². The Hall–Kier alpha value is -3.36. The van der Waals surface area contributed by atoms with Crippen LogP contribution < -0.4 is 16.0 Å². The highest BCUT2D eigenvalue weighted by atomic mass is 19.2. The van der Waals surface area contributed by atoms with Gasteiger partial charge in [-0.05, 0) is 29.8 Å². The van der Waals surface area contributed by atoms with Crippen molar-refractivity contribution in [1.29, 1.82) is 0 Å². The molecular formula is C16H10F3N3O3. The Bertz CT molecular complexity index is 901. The molecule has 1 heterocycles. The zero-order chi connectivity index (χ0) is 18.1. The number of nitrogens with one attached hydrogen (secondary N) is 3. The highest BCUT2D eigenvalue weighted by molar-refractivity contribution is 6.06. The molecule has 1 aliphatic heterocycles. The summed E-state index contributed by atoms with van der Waals surface area (Å²) in [6.45, 7) is 0. The molecule has 1 fully saturated rings. The molecule has 1 atom stereocenters. The number of amides is 4.